The molecule has 2 aromatic rings. The van der Waals surface area contributed by atoms with Crippen LogP contribution in [0.2, 0.25) is 0 Å². The summed E-state index contributed by atoms with van der Waals surface area (Å²) in [6.45, 7) is 0. The SMILES string of the molecule is c1ccc2[nH]c(CSCNC3CCCCC3)nc2c1. The molecule has 19 heavy (non-hydrogen) atoms. The van der Waals surface area contributed by atoms with Gasteiger partial charge in [0.25, 0.3) is 0 Å². The van der Waals surface area contributed by atoms with Crippen LogP contribution in [0.25, 0.3) is 11.0 Å². The van der Waals surface area contributed by atoms with Gasteiger partial charge in [0, 0.05) is 11.9 Å². The number of H-pyrrole nitrogens is 1. The third-order valence-electron chi connectivity index (χ3n) is 3.76. The van der Waals surface area contributed by atoms with E-state index in [2.05, 4.69) is 27.4 Å². The Morgan fingerprint density at radius 1 is 1.21 bits per heavy atom. The van der Waals surface area contributed by atoms with Gasteiger partial charge in [-0.05, 0) is 25.0 Å². The minimum Gasteiger partial charge on any atom is -0.341 e. The number of para-hydroxylation sites is 2. The summed E-state index contributed by atoms with van der Waals surface area (Å²) >= 11 is 1.91. The molecule has 1 saturated carbocycles. The summed E-state index contributed by atoms with van der Waals surface area (Å²) in [5.41, 5.74) is 2.21. The number of rotatable bonds is 5. The highest BCUT2D eigenvalue weighted by Crippen LogP contribution is 2.19. The van der Waals surface area contributed by atoms with Crippen LogP contribution in [-0.2, 0) is 5.75 Å². The molecule has 1 aromatic heterocycles. The van der Waals surface area contributed by atoms with Crippen LogP contribution in [0.1, 0.15) is 37.9 Å². The smallest absolute Gasteiger partial charge is 0.117 e. The first kappa shape index (κ1) is 13.0. The Balaban J connectivity index is 1.44. The highest BCUT2D eigenvalue weighted by Gasteiger charge is 2.12. The van der Waals surface area contributed by atoms with Gasteiger partial charge in [0.1, 0.15) is 5.82 Å². The molecule has 102 valence electrons. The molecule has 0 saturated heterocycles. The lowest BCUT2D eigenvalue weighted by Crippen LogP contribution is -2.30. The van der Waals surface area contributed by atoms with Crippen molar-refractivity contribution < 1.29 is 0 Å². The predicted molar refractivity (Wildman–Crippen MR) is 82.3 cm³/mol. The summed E-state index contributed by atoms with van der Waals surface area (Å²) in [7, 11) is 0. The van der Waals surface area contributed by atoms with E-state index in [1.54, 1.807) is 0 Å². The third-order valence-corrected chi connectivity index (χ3v) is 4.60. The van der Waals surface area contributed by atoms with Gasteiger partial charge in [-0.25, -0.2) is 4.98 Å². The fraction of sp³-hybridized carbons (Fsp3) is 0.533. The summed E-state index contributed by atoms with van der Waals surface area (Å²) in [4.78, 5) is 7.97. The van der Waals surface area contributed by atoms with Gasteiger partial charge < -0.3 is 10.3 Å². The van der Waals surface area contributed by atoms with E-state index in [9.17, 15) is 0 Å². The second-order valence-electron chi connectivity index (χ2n) is 5.23. The maximum Gasteiger partial charge on any atom is 0.117 e. The molecule has 0 bridgehead atoms. The number of fused-ring (bicyclic) bond motifs is 1. The summed E-state index contributed by atoms with van der Waals surface area (Å²) in [6, 6.07) is 8.96. The average Bonchev–Trinajstić information content (AvgIpc) is 2.87. The van der Waals surface area contributed by atoms with E-state index in [0.717, 1.165) is 34.5 Å². The highest BCUT2D eigenvalue weighted by molar-refractivity contribution is 7.98. The van der Waals surface area contributed by atoms with Gasteiger partial charge in [-0.1, -0.05) is 31.4 Å². The van der Waals surface area contributed by atoms with Crippen LogP contribution in [0.5, 0.6) is 0 Å². The molecule has 0 amide bonds. The molecule has 4 heteroatoms. The molecule has 0 spiro atoms. The van der Waals surface area contributed by atoms with Crippen molar-refractivity contribution in [2.24, 2.45) is 0 Å². The summed E-state index contributed by atoms with van der Waals surface area (Å²) < 4.78 is 0. The van der Waals surface area contributed by atoms with E-state index < -0.39 is 0 Å². The van der Waals surface area contributed by atoms with Crippen LogP contribution in [0.15, 0.2) is 24.3 Å². The second kappa shape index (κ2) is 6.44. The minimum absolute atomic E-state index is 0.747. The van der Waals surface area contributed by atoms with Crippen LogP contribution in [-0.4, -0.2) is 21.9 Å². The largest absolute Gasteiger partial charge is 0.341 e. The van der Waals surface area contributed by atoms with Gasteiger partial charge in [0.05, 0.1) is 16.8 Å². The van der Waals surface area contributed by atoms with Gasteiger partial charge >= 0.3 is 0 Å². The van der Waals surface area contributed by atoms with Crippen molar-refractivity contribution in [3.63, 3.8) is 0 Å². The molecule has 0 unspecified atom stereocenters. The molecule has 3 nitrogen and oxygen atoms in total. The lowest BCUT2D eigenvalue weighted by Gasteiger charge is -2.22. The number of nitrogens with zero attached hydrogens (tertiary/aromatic N) is 1. The van der Waals surface area contributed by atoms with Gasteiger partial charge in [0.2, 0.25) is 0 Å². The Morgan fingerprint density at radius 2 is 2.05 bits per heavy atom. The van der Waals surface area contributed by atoms with Gasteiger partial charge in [-0.2, -0.15) is 0 Å². The standard InChI is InChI=1S/C15H21N3S/c1-2-6-12(7-3-1)16-11-19-10-15-17-13-8-4-5-9-14(13)18-15/h4-5,8-9,12,16H,1-3,6-7,10-11H2,(H,17,18). The van der Waals surface area contributed by atoms with Crippen LogP contribution < -0.4 is 5.32 Å². The van der Waals surface area contributed by atoms with E-state index >= 15 is 0 Å². The zero-order chi connectivity index (χ0) is 12.9. The first-order chi connectivity index (χ1) is 9.42. The number of hydrogen-bond acceptors (Lipinski definition) is 3. The Hall–Kier alpha value is -1.00. The first-order valence-electron chi connectivity index (χ1n) is 7.16. The average molecular weight is 275 g/mol. The van der Waals surface area contributed by atoms with Crippen LogP contribution >= 0.6 is 11.8 Å². The third kappa shape index (κ3) is 3.51. The van der Waals surface area contributed by atoms with Crippen LogP contribution in [0, 0.1) is 0 Å². The number of hydrogen-bond donors (Lipinski definition) is 2. The topological polar surface area (TPSA) is 40.7 Å². The molecule has 1 fully saturated rings. The Labute approximate surface area is 118 Å². The number of nitrogens with one attached hydrogen (secondary N) is 2. The molecule has 0 aliphatic heterocycles. The molecular weight excluding hydrogens is 254 g/mol. The van der Waals surface area contributed by atoms with E-state index in [1.165, 1.54) is 32.1 Å². The fourth-order valence-electron chi connectivity index (χ4n) is 2.71. The van der Waals surface area contributed by atoms with Gasteiger partial charge in [0.15, 0.2) is 0 Å². The molecule has 1 aromatic carbocycles. The van der Waals surface area contributed by atoms with Crippen LogP contribution in [0.3, 0.4) is 0 Å². The number of aromatic amines is 1. The van der Waals surface area contributed by atoms with E-state index in [1.807, 2.05) is 23.9 Å². The maximum atomic E-state index is 4.59. The Bertz CT molecular complexity index is 484. The molecule has 0 atom stereocenters. The lowest BCUT2D eigenvalue weighted by molar-refractivity contribution is 0.390. The normalized spacial score (nSPS) is 17.1. The number of imidazole rings is 1. The van der Waals surface area contributed by atoms with Gasteiger partial charge in [-0.15, -0.1) is 11.8 Å². The van der Waals surface area contributed by atoms with Crippen molar-refractivity contribution in [1.29, 1.82) is 0 Å². The van der Waals surface area contributed by atoms with Crippen molar-refractivity contribution in [1.82, 2.24) is 15.3 Å². The minimum atomic E-state index is 0.747. The summed E-state index contributed by atoms with van der Waals surface area (Å²) in [6.07, 6.45) is 6.92. The maximum absolute atomic E-state index is 4.59. The van der Waals surface area contributed by atoms with Crippen molar-refractivity contribution in [2.45, 2.75) is 43.9 Å². The predicted octanol–water partition coefficient (Wildman–Crippen LogP) is 3.68. The molecule has 1 aliphatic carbocycles. The highest BCUT2D eigenvalue weighted by atomic mass is 32.2. The number of aromatic nitrogens is 2. The summed E-state index contributed by atoms with van der Waals surface area (Å²) in [5.74, 6) is 3.06. The molecule has 1 aliphatic rings. The van der Waals surface area contributed by atoms with Gasteiger partial charge in [-0.3, -0.25) is 0 Å². The Morgan fingerprint density at radius 3 is 2.89 bits per heavy atom. The zero-order valence-electron chi connectivity index (χ0n) is 11.2. The molecule has 0 radical (unpaired) electrons. The summed E-state index contributed by atoms with van der Waals surface area (Å²) in [5, 5.41) is 3.65. The second-order valence-corrected chi connectivity index (χ2v) is 6.22. The zero-order valence-corrected chi connectivity index (χ0v) is 12.0. The van der Waals surface area contributed by atoms with Crippen LogP contribution in [0.4, 0.5) is 0 Å². The Kier molecular flexibility index (Phi) is 4.41. The van der Waals surface area contributed by atoms with Crippen molar-refractivity contribution in [2.75, 3.05) is 5.88 Å². The quantitative estimate of drug-likeness (QED) is 0.646. The fourth-order valence-corrected chi connectivity index (χ4v) is 3.49. The molecular formula is C15H21N3S. The van der Waals surface area contributed by atoms with Crippen molar-refractivity contribution >= 4 is 22.8 Å². The van der Waals surface area contributed by atoms with Crippen molar-refractivity contribution in [3.05, 3.63) is 30.1 Å². The lowest BCUT2D eigenvalue weighted by atomic mass is 9.96. The van der Waals surface area contributed by atoms with E-state index in [4.69, 9.17) is 0 Å². The number of benzene rings is 1. The molecule has 3 rings (SSSR count). The molecule has 2 N–H and O–H groups in total. The van der Waals surface area contributed by atoms with E-state index in [0.29, 0.717) is 0 Å². The monoisotopic (exact) mass is 275 g/mol. The number of thioether (sulfide) groups is 1. The first-order valence-corrected chi connectivity index (χ1v) is 8.32. The molecule has 1 heterocycles. The van der Waals surface area contributed by atoms with E-state index in [-0.39, 0.29) is 0 Å². The van der Waals surface area contributed by atoms with Crippen molar-refractivity contribution in [3.8, 4) is 0 Å².